The molecule has 0 atom stereocenters. The Hall–Kier alpha value is -0.0400. The maximum Gasteiger partial charge on any atom is 0.000769 e. The normalized spacial score (nSPS) is 21.0. The van der Waals surface area contributed by atoms with Gasteiger partial charge in [-0.2, -0.15) is 0 Å². The second-order valence-electron chi connectivity index (χ2n) is 6.90. The molecular formula is C15H31N. The SMILES string of the molecule is CCNCC1(CCC(C)(C)C)CCCCC1. The summed E-state index contributed by atoms with van der Waals surface area (Å²) in [4.78, 5) is 0. The molecule has 1 saturated carbocycles. The summed E-state index contributed by atoms with van der Waals surface area (Å²) in [6.07, 6.45) is 10.1. The first kappa shape index (κ1) is 14.0. The van der Waals surface area contributed by atoms with Gasteiger partial charge in [0.05, 0.1) is 0 Å². The van der Waals surface area contributed by atoms with E-state index < -0.39 is 0 Å². The molecule has 0 heterocycles. The third kappa shape index (κ3) is 4.86. The summed E-state index contributed by atoms with van der Waals surface area (Å²) in [5.74, 6) is 0. The first-order valence-corrected chi connectivity index (χ1v) is 7.18. The highest BCUT2D eigenvalue weighted by Gasteiger charge is 2.32. The van der Waals surface area contributed by atoms with Gasteiger partial charge in [-0.3, -0.25) is 0 Å². The van der Waals surface area contributed by atoms with Crippen molar-refractivity contribution in [3.8, 4) is 0 Å². The predicted molar refractivity (Wildman–Crippen MR) is 72.8 cm³/mol. The number of nitrogens with one attached hydrogen (secondary N) is 1. The molecule has 0 saturated heterocycles. The molecule has 96 valence electrons. The van der Waals surface area contributed by atoms with Gasteiger partial charge in [-0.05, 0) is 43.1 Å². The highest BCUT2D eigenvalue weighted by Crippen LogP contribution is 2.42. The quantitative estimate of drug-likeness (QED) is 0.732. The van der Waals surface area contributed by atoms with Crippen LogP contribution in [0, 0.1) is 10.8 Å². The average Bonchev–Trinajstić information content (AvgIpc) is 2.24. The van der Waals surface area contributed by atoms with E-state index in [9.17, 15) is 0 Å². The van der Waals surface area contributed by atoms with E-state index in [1.54, 1.807) is 0 Å². The van der Waals surface area contributed by atoms with Gasteiger partial charge in [0.15, 0.2) is 0 Å². The van der Waals surface area contributed by atoms with Crippen LogP contribution in [0.3, 0.4) is 0 Å². The van der Waals surface area contributed by atoms with Gasteiger partial charge in [0.1, 0.15) is 0 Å². The minimum atomic E-state index is 0.497. The summed E-state index contributed by atoms with van der Waals surface area (Å²) >= 11 is 0. The van der Waals surface area contributed by atoms with Gasteiger partial charge in [0.25, 0.3) is 0 Å². The Labute approximate surface area is 102 Å². The van der Waals surface area contributed by atoms with Gasteiger partial charge < -0.3 is 5.32 Å². The van der Waals surface area contributed by atoms with Crippen LogP contribution in [0.25, 0.3) is 0 Å². The Morgan fingerprint density at radius 3 is 2.19 bits per heavy atom. The Morgan fingerprint density at radius 2 is 1.69 bits per heavy atom. The summed E-state index contributed by atoms with van der Waals surface area (Å²) in [6.45, 7) is 11.7. The van der Waals surface area contributed by atoms with Crippen molar-refractivity contribution in [3.05, 3.63) is 0 Å². The van der Waals surface area contributed by atoms with E-state index in [1.807, 2.05) is 0 Å². The van der Waals surface area contributed by atoms with Crippen LogP contribution < -0.4 is 5.32 Å². The van der Waals surface area contributed by atoms with Crippen LogP contribution in [0.1, 0.15) is 72.6 Å². The molecule has 16 heavy (non-hydrogen) atoms. The van der Waals surface area contributed by atoms with Crippen LogP contribution in [0.5, 0.6) is 0 Å². The van der Waals surface area contributed by atoms with Crippen LogP contribution in [0.2, 0.25) is 0 Å². The predicted octanol–water partition coefficient (Wildman–Crippen LogP) is 4.37. The van der Waals surface area contributed by atoms with Crippen molar-refractivity contribution in [1.29, 1.82) is 0 Å². The van der Waals surface area contributed by atoms with Gasteiger partial charge in [0.2, 0.25) is 0 Å². The smallest absolute Gasteiger partial charge is 0.000769 e. The number of hydrogen-bond donors (Lipinski definition) is 1. The average molecular weight is 225 g/mol. The molecule has 1 nitrogen and oxygen atoms in total. The molecule has 0 aliphatic heterocycles. The van der Waals surface area contributed by atoms with Crippen molar-refractivity contribution in [2.45, 2.75) is 72.6 Å². The Kier molecular flexibility index (Phi) is 5.30. The van der Waals surface area contributed by atoms with Crippen molar-refractivity contribution in [1.82, 2.24) is 5.32 Å². The zero-order valence-corrected chi connectivity index (χ0v) is 11.9. The minimum absolute atomic E-state index is 0.497. The van der Waals surface area contributed by atoms with Gasteiger partial charge in [-0.1, -0.05) is 47.0 Å². The molecule has 1 aliphatic rings. The highest BCUT2D eigenvalue weighted by atomic mass is 14.9. The topological polar surface area (TPSA) is 12.0 Å². The zero-order valence-electron chi connectivity index (χ0n) is 11.9. The van der Waals surface area contributed by atoms with Crippen molar-refractivity contribution in [2.24, 2.45) is 10.8 Å². The van der Waals surface area contributed by atoms with Crippen LogP contribution in [0.15, 0.2) is 0 Å². The first-order chi connectivity index (χ1) is 7.47. The molecule has 1 N–H and O–H groups in total. The van der Waals surface area contributed by atoms with E-state index in [4.69, 9.17) is 0 Å². The largest absolute Gasteiger partial charge is 0.316 e. The second kappa shape index (κ2) is 6.05. The Balaban J connectivity index is 2.48. The number of rotatable bonds is 5. The molecule has 0 unspecified atom stereocenters. The summed E-state index contributed by atoms with van der Waals surface area (Å²) < 4.78 is 0. The Bertz CT molecular complexity index is 184. The van der Waals surface area contributed by atoms with E-state index in [-0.39, 0.29) is 0 Å². The molecular weight excluding hydrogens is 194 g/mol. The van der Waals surface area contributed by atoms with Crippen molar-refractivity contribution in [2.75, 3.05) is 13.1 Å². The molecule has 0 amide bonds. The van der Waals surface area contributed by atoms with E-state index >= 15 is 0 Å². The molecule has 1 heteroatoms. The van der Waals surface area contributed by atoms with E-state index in [0.717, 1.165) is 6.54 Å². The highest BCUT2D eigenvalue weighted by molar-refractivity contribution is 4.86. The zero-order chi connectivity index (χ0) is 12.1. The van der Waals surface area contributed by atoms with Crippen LogP contribution in [-0.2, 0) is 0 Å². The molecule has 0 aromatic heterocycles. The maximum atomic E-state index is 3.60. The summed E-state index contributed by atoms with van der Waals surface area (Å²) in [6, 6.07) is 0. The van der Waals surface area contributed by atoms with Gasteiger partial charge in [0, 0.05) is 6.54 Å². The minimum Gasteiger partial charge on any atom is -0.316 e. The Morgan fingerprint density at radius 1 is 1.06 bits per heavy atom. The fourth-order valence-electron chi connectivity index (χ4n) is 2.85. The third-order valence-electron chi connectivity index (χ3n) is 4.07. The molecule has 0 aromatic rings. The molecule has 1 rings (SSSR count). The summed E-state index contributed by atoms with van der Waals surface area (Å²) in [5.41, 5.74) is 1.12. The number of hydrogen-bond acceptors (Lipinski definition) is 1. The third-order valence-corrected chi connectivity index (χ3v) is 4.07. The summed E-state index contributed by atoms with van der Waals surface area (Å²) in [7, 11) is 0. The monoisotopic (exact) mass is 225 g/mol. The lowest BCUT2D eigenvalue weighted by Gasteiger charge is -2.39. The second-order valence-corrected chi connectivity index (χ2v) is 6.90. The fourth-order valence-corrected chi connectivity index (χ4v) is 2.85. The van der Waals surface area contributed by atoms with Crippen molar-refractivity contribution in [3.63, 3.8) is 0 Å². The van der Waals surface area contributed by atoms with E-state index in [0.29, 0.717) is 10.8 Å². The van der Waals surface area contributed by atoms with E-state index in [2.05, 4.69) is 33.0 Å². The van der Waals surface area contributed by atoms with Gasteiger partial charge >= 0.3 is 0 Å². The molecule has 1 aliphatic carbocycles. The van der Waals surface area contributed by atoms with Crippen molar-refractivity contribution >= 4 is 0 Å². The lowest BCUT2D eigenvalue weighted by Crippen LogP contribution is -2.36. The lowest BCUT2D eigenvalue weighted by molar-refractivity contribution is 0.143. The summed E-state index contributed by atoms with van der Waals surface area (Å²) in [5, 5.41) is 3.60. The lowest BCUT2D eigenvalue weighted by atomic mass is 9.69. The maximum absolute atomic E-state index is 3.60. The molecule has 0 aromatic carbocycles. The molecule has 1 fully saturated rings. The van der Waals surface area contributed by atoms with Crippen LogP contribution in [-0.4, -0.2) is 13.1 Å². The first-order valence-electron chi connectivity index (χ1n) is 7.18. The standard InChI is InChI=1S/C15H31N/c1-5-16-13-15(9-7-6-8-10-15)12-11-14(2,3)4/h16H,5-13H2,1-4H3. The van der Waals surface area contributed by atoms with Gasteiger partial charge in [-0.25, -0.2) is 0 Å². The van der Waals surface area contributed by atoms with E-state index in [1.165, 1.54) is 51.5 Å². The molecule has 0 bridgehead atoms. The molecule has 0 radical (unpaired) electrons. The van der Waals surface area contributed by atoms with Crippen molar-refractivity contribution < 1.29 is 0 Å². The van der Waals surface area contributed by atoms with Crippen LogP contribution >= 0.6 is 0 Å². The van der Waals surface area contributed by atoms with Gasteiger partial charge in [-0.15, -0.1) is 0 Å². The fraction of sp³-hybridized carbons (Fsp3) is 1.00. The molecule has 0 spiro atoms. The van der Waals surface area contributed by atoms with Crippen LogP contribution in [0.4, 0.5) is 0 Å².